The summed E-state index contributed by atoms with van der Waals surface area (Å²) in [5.41, 5.74) is 4.38. The number of hydrogen-bond acceptors (Lipinski definition) is 4. The van der Waals surface area contributed by atoms with Crippen molar-refractivity contribution in [1.29, 1.82) is 0 Å². The minimum Gasteiger partial charge on any atom is -0.497 e. The smallest absolute Gasteiger partial charge is 0.355 e. The van der Waals surface area contributed by atoms with Gasteiger partial charge in [-0.15, -0.1) is 0 Å². The third kappa shape index (κ3) is 4.51. The summed E-state index contributed by atoms with van der Waals surface area (Å²) in [6.07, 6.45) is 2.48. The van der Waals surface area contributed by atoms with Gasteiger partial charge in [0.25, 0.3) is 0 Å². The van der Waals surface area contributed by atoms with Crippen LogP contribution in [0.4, 0.5) is 0 Å². The van der Waals surface area contributed by atoms with Crippen molar-refractivity contribution in [3.8, 4) is 22.6 Å². The van der Waals surface area contributed by atoms with E-state index in [2.05, 4.69) is 16.7 Å². The van der Waals surface area contributed by atoms with E-state index in [4.69, 9.17) is 14.2 Å². The number of nitrogens with zero attached hydrogens (tertiary/aromatic N) is 1. The number of ether oxygens (including phenoxy) is 3. The van der Waals surface area contributed by atoms with Gasteiger partial charge in [0.15, 0.2) is 0 Å². The van der Waals surface area contributed by atoms with Crippen LogP contribution in [0.1, 0.15) is 35.8 Å². The molecule has 4 aromatic rings. The average Bonchev–Trinajstić information content (AvgIpc) is 3.65. The van der Waals surface area contributed by atoms with Gasteiger partial charge in [-0.25, -0.2) is 4.79 Å². The molecule has 1 saturated carbocycles. The molecule has 0 radical (unpaired) electrons. The number of hydrogen-bond donors (Lipinski definition) is 0. The molecule has 0 saturated heterocycles. The van der Waals surface area contributed by atoms with Crippen molar-refractivity contribution in [3.05, 3.63) is 84.1 Å². The van der Waals surface area contributed by atoms with Crippen LogP contribution >= 0.6 is 0 Å². The summed E-state index contributed by atoms with van der Waals surface area (Å²) in [7, 11) is 1.66. The lowest BCUT2D eigenvalue weighted by Gasteiger charge is -2.13. The Morgan fingerprint density at radius 3 is 2.56 bits per heavy atom. The van der Waals surface area contributed by atoms with E-state index in [9.17, 15) is 4.79 Å². The van der Waals surface area contributed by atoms with Crippen LogP contribution in [0.15, 0.2) is 72.8 Å². The highest BCUT2D eigenvalue weighted by atomic mass is 16.5. The van der Waals surface area contributed by atoms with Crippen LogP contribution in [0.3, 0.4) is 0 Å². The predicted octanol–water partition coefficient (Wildman–Crippen LogP) is 6.33. The van der Waals surface area contributed by atoms with E-state index in [-0.39, 0.29) is 5.97 Å². The first-order chi connectivity index (χ1) is 16.7. The second-order valence-corrected chi connectivity index (χ2v) is 8.68. The van der Waals surface area contributed by atoms with Crippen LogP contribution in [0.2, 0.25) is 0 Å². The summed E-state index contributed by atoms with van der Waals surface area (Å²) in [4.78, 5) is 13.4. The summed E-state index contributed by atoms with van der Waals surface area (Å²) >= 11 is 0. The molecular formula is C29H29NO4. The molecule has 1 aromatic heterocycles. The minimum absolute atomic E-state index is 0.309. The number of methoxy groups -OCH3 is 1. The van der Waals surface area contributed by atoms with Gasteiger partial charge in [0.1, 0.15) is 17.2 Å². The third-order valence-corrected chi connectivity index (χ3v) is 6.22. The van der Waals surface area contributed by atoms with Gasteiger partial charge in [0, 0.05) is 23.0 Å². The second-order valence-electron chi connectivity index (χ2n) is 8.68. The van der Waals surface area contributed by atoms with E-state index in [1.807, 2.05) is 67.6 Å². The molecule has 0 aliphatic heterocycles. The van der Waals surface area contributed by atoms with Crippen molar-refractivity contribution >= 4 is 16.9 Å². The molecule has 1 aliphatic rings. The second kappa shape index (κ2) is 9.64. The quantitative estimate of drug-likeness (QED) is 0.277. The number of aromatic nitrogens is 1. The SMILES string of the molecule is CCOC(=O)c1c(-c2cccc(OCC3CC3)c2)c2ccccc2n1Cc1cccc(OC)c1. The molecule has 0 amide bonds. The fraction of sp³-hybridized carbons (Fsp3) is 0.276. The van der Waals surface area contributed by atoms with Gasteiger partial charge < -0.3 is 18.8 Å². The normalized spacial score (nSPS) is 13.1. The summed E-state index contributed by atoms with van der Waals surface area (Å²) in [6, 6.07) is 24.1. The van der Waals surface area contributed by atoms with E-state index in [1.165, 1.54) is 12.8 Å². The summed E-state index contributed by atoms with van der Waals surface area (Å²) in [6.45, 7) is 3.40. The lowest BCUT2D eigenvalue weighted by molar-refractivity contribution is 0.0516. The highest BCUT2D eigenvalue weighted by Crippen LogP contribution is 2.38. The molecule has 34 heavy (non-hydrogen) atoms. The standard InChI is InChI=1S/C29H29NO4/c1-3-33-29(31)28-27(22-9-7-11-24(17-22)34-19-20-14-15-20)25-12-4-5-13-26(25)30(28)18-21-8-6-10-23(16-21)32-2/h4-13,16-17,20H,3,14-15,18-19H2,1-2H3. The molecular weight excluding hydrogens is 426 g/mol. The van der Waals surface area contributed by atoms with Gasteiger partial charge in [0.05, 0.1) is 20.3 Å². The molecule has 5 rings (SSSR count). The van der Waals surface area contributed by atoms with Gasteiger partial charge in [-0.2, -0.15) is 0 Å². The van der Waals surface area contributed by atoms with Gasteiger partial charge in [-0.05, 0) is 67.1 Å². The summed E-state index contributed by atoms with van der Waals surface area (Å²) in [5.74, 6) is 1.95. The van der Waals surface area contributed by atoms with Crippen LogP contribution in [0, 0.1) is 5.92 Å². The number of carbonyl (C=O) groups excluding carboxylic acids is 1. The average molecular weight is 456 g/mol. The summed E-state index contributed by atoms with van der Waals surface area (Å²) in [5, 5.41) is 1.01. The maximum Gasteiger partial charge on any atom is 0.355 e. The van der Waals surface area contributed by atoms with Gasteiger partial charge >= 0.3 is 5.97 Å². The maximum absolute atomic E-state index is 13.4. The zero-order valence-electron chi connectivity index (χ0n) is 19.6. The Morgan fingerprint density at radius 2 is 1.76 bits per heavy atom. The Kier molecular flexibility index (Phi) is 6.26. The predicted molar refractivity (Wildman–Crippen MR) is 134 cm³/mol. The van der Waals surface area contributed by atoms with E-state index >= 15 is 0 Å². The fourth-order valence-electron chi connectivity index (χ4n) is 4.36. The summed E-state index contributed by atoms with van der Waals surface area (Å²) < 4.78 is 19.1. The molecule has 1 aliphatic carbocycles. The number of para-hydroxylation sites is 1. The number of carbonyl (C=O) groups is 1. The van der Waals surface area contributed by atoms with E-state index < -0.39 is 0 Å². The van der Waals surface area contributed by atoms with E-state index in [0.29, 0.717) is 24.8 Å². The van der Waals surface area contributed by atoms with Crippen molar-refractivity contribution in [3.63, 3.8) is 0 Å². The topological polar surface area (TPSA) is 49.7 Å². The van der Waals surface area contributed by atoms with E-state index in [0.717, 1.165) is 45.7 Å². The van der Waals surface area contributed by atoms with Gasteiger partial charge in [-0.3, -0.25) is 0 Å². The number of fused-ring (bicyclic) bond motifs is 1. The molecule has 5 heteroatoms. The Labute approximate surface area is 199 Å². The molecule has 5 nitrogen and oxygen atoms in total. The van der Waals surface area contributed by atoms with Crippen LogP contribution in [-0.2, 0) is 11.3 Å². The molecule has 0 atom stereocenters. The lowest BCUT2D eigenvalue weighted by atomic mass is 10.0. The van der Waals surface area contributed by atoms with Crippen molar-refractivity contribution < 1.29 is 19.0 Å². The van der Waals surface area contributed by atoms with Crippen molar-refractivity contribution in [2.24, 2.45) is 5.92 Å². The highest BCUT2D eigenvalue weighted by Gasteiger charge is 2.26. The van der Waals surface area contributed by atoms with Gasteiger partial charge in [0.2, 0.25) is 0 Å². The van der Waals surface area contributed by atoms with Gasteiger partial charge in [-0.1, -0.05) is 42.5 Å². The highest BCUT2D eigenvalue weighted by molar-refractivity contribution is 6.08. The zero-order valence-corrected chi connectivity index (χ0v) is 19.6. The third-order valence-electron chi connectivity index (χ3n) is 6.22. The Bertz CT molecular complexity index is 1320. The van der Waals surface area contributed by atoms with E-state index in [1.54, 1.807) is 7.11 Å². The van der Waals surface area contributed by atoms with Crippen LogP contribution in [0.25, 0.3) is 22.0 Å². The number of rotatable bonds is 9. The van der Waals surface area contributed by atoms with Crippen LogP contribution in [-0.4, -0.2) is 30.9 Å². The number of benzene rings is 3. The zero-order chi connectivity index (χ0) is 23.5. The molecule has 0 unspecified atom stereocenters. The molecule has 174 valence electrons. The Balaban J connectivity index is 1.65. The maximum atomic E-state index is 13.4. The van der Waals surface area contributed by atoms with Crippen LogP contribution < -0.4 is 9.47 Å². The molecule has 0 N–H and O–H groups in total. The fourth-order valence-corrected chi connectivity index (χ4v) is 4.36. The molecule has 1 heterocycles. The largest absolute Gasteiger partial charge is 0.497 e. The monoisotopic (exact) mass is 455 g/mol. The number of esters is 1. The molecule has 0 bridgehead atoms. The van der Waals surface area contributed by atoms with Crippen molar-refractivity contribution in [1.82, 2.24) is 4.57 Å². The molecule has 1 fully saturated rings. The van der Waals surface area contributed by atoms with Crippen LogP contribution in [0.5, 0.6) is 11.5 Å². The minimum atomic E-state index is -0.333. The Hall–Kier alpha value is -3.73. The Morgan fingerprint density at radius 1 is 0.971 bits per heavy atom. The lowest BCUT2D eigenvalue weighted by Crippen LogP contribution is -2.14. The van der Waals surface area contributed by atoms with Crippen molar-refractivity contribution in [2.75, 3.05) is 20.3 Å². The first-order valence-corrected chi connectivity index (χ1v) is 11.8. The first-order valence-electron chi connectivity index (χ1n) is 11.8. The molecule has 0 spiro atoms. The van der Waals surface area contributed by atoms with Crippen molar-refractivity contribution in [2.45, 2.75) is 26.3 Å². The molecule has 3 aromatic carbocycles. The first kappa shape index (κ1) is 22.1.